The van der Waals surface area contributed by atoms with Crippen LogP contribution in [0.3, 0.4) is 0 Å². The lowest BCUT2D eigenvalue weighted by molar-refractivity contribution is 0.104. The highest BCUT2D eigenvalue weighted by Crippen LogP contribution is 2.28. The maximum atomic E-state index is 12.1. The number of carbonyl (C=O) groups excluding carboxylic acids is 1. The van der Waals surface area contributed by atoms with E-state index in [1.807, 2.05) is 0 Å². The van der Waals surface area contributed by atoms with E-state index >= 15 is 0 Å². The Bertz CT molecular complexity index is 719. The number of phenolic OH excluding ortho intramolecular Hbond substituents is 2. The van der Waals surface area contributed by atoms with Gasteiger partial charge in [-0.2, -0.15) is 0 Å². The fourth-order valence-corrected chi connectivity index (χ4v) is 1.94. The first-order chi connectivity index (χ1) is 10.5. The molecule has 0 aliphatic carbocycles. The van der Waals surface area contributed by atoms with Crippen molar-refractivity contribution in [3.8, 4) is 23.0 Å². The first kappa shape index (κ1) is 15.4. The molecule has 22 heavy (non-hydrogen) atoms. The second-order valence-corrected chi connectivity index (χ2v) is 4.51. The van der Waals surface area contributed by atoms with E-state index < -0.39 is 5.78 Å². The van der Waals surface area contributed by atoms with E-state index in [9.17, 15) is 15.0 Å². The molecule has 0 saturated heterocycles. The van der Waals surface area contributed by atoms with Gasteiger partial charge in [0.1, 0.15) is 11.5 Å². The van der Waals surface area contributed by atoms with Crippen LogP contribution in [0.4, 0.5) is 0 Å². The minimum atomic E-state index is -0.414. The maximum Gasteiger partial charge on any atom is 0.189 e. The molecule has 0 amide bonds. The molecule has 2 N–H and O–H groups in total. The van der Waals surface area contributed by atoms with Gasteiger partial charge < -0.3 is 19.7 Å². The summed E-state index contributed by atoms with van der Waals surface area (Å²) in [7, 11) is 3.07. The lowest BCUT2D eigenvalue weighted by Crippen LogP contribution is -1.95. The first-order valence-corrected chi connectivity index (χ1v) is 6.51. The Morgan fingerprint density at radius 3 is 2.41 bits per heavy atom. The van der Waals surface area contributed by atoms with Crippen molar-refractivity contribution in [1.29, 1.82) is 0 Å². The Morgan fingerprint density at radius 2 is 1.73 bits per heavy atom. The quantitative estimate of drug-likeness (QED) is 0.504. The van der Waals surface area contributed by atoms with Gasteiger partial charge in [0.2, 0.25) is 0 Å². The molecule has 0 spiro atoms. The Labute approximate surface area is 128 Å². The highest BCUT2D eigenvalue weighted by atomic mass is 16.5. The molecule has 5 nitrogen and oxygen atoms in total. The van der Waals surface area contributed by atoms with E-state index in [1.54, 1.807) is 31.4 Å². The SMILES string of the molecule is COc1ccc(C=CC(=O)c2cc(O)ccc2O)cc1OC. The third kappa shape index (κ3) is 3.38. The molecule has 0 aliphatic heterocycles. The van der Waals surface area contributed by atoms with Crippen LogP contribution >= 0.6 is 0 Å². The number of allylic oxidation sites excluding steroid dienone is 1. The smallest absolute Gasteiger partial charge is 0.189 e. The predicted molar refractivity (Wildman–Crippen MR) is 82.7 cm³/mol. The summed E-state index contributed by atoms with van der Waals surface area (Å²) in [4.78, 5) is 12.1. The van der Waals surface area contributed by atoms with E-state index in [-0.39, 0.29) is 17.1 Å². The van der Waals surface area contributed by atoms with Gasteiger partial charge in [-0.25, -0.2) is 0 Å². The second kappa shape index (κ2) is 6.67. The number of methoxy groups -OCH3 is 2. The lowest BCUT2D eigenvalue weighted by atomic mass is 10.1. The topological polar surface area (TPSA) is 76.0 Å². The van der Waals surface area contributed by atoms with Gasteiger partial charge in [0.15, 0.2) is 17.3 Å². The van der Waals surface area contributed by atoms with Crippen LogP contribution in [0.25, 0.3) is 6.08 Å². The number of aromatic hydroxyl groups is 2. The molecule has 0 bridgehead atoms. The van der Waals surface area contributed by atoms with E-state index in [0.717, 1.165) is 5.56 Å². The molecular weight excluding hydrogens is 284 g/mol. The number of ketones is 1. The minimum Gasteiger partial charge on any atom is -0.508 e. The van der Waals surface area contributed by atoms with Crippen LogP contribution in [0.2, 0.25) is 0 Å². The normalized spacial score (nSPS) is 10.6. The summed E-state index contributed by atoms with van der Waals surface area (Å²) in [5.41, 5.74) is 0.780. The van der Waals surface area contributed by atoms with Gasteiger partial charge in [-0.3, -0.25) is 4.79 Å². The van der Waals surface area contributed by atoms with Gasteiger partial charge in [0, 0.05) is 0 Å². The van der Waals surface area contributed by atoms with Crippen molar-refractivity contribution >= 4 is 11.9 Å². The maximum absolute atomic E-state index is 12.1. The zero-order valence-corrected chi connectivity index (χ0v) is 12.2. The van der Waals surface area contributed by atoms with E-state index in [2.05, 4.69) is 0 Å². The number of ether oxygens (including phenoxy) is 2. The monoisotopic (exact) mass is 300 g/mol. The number of phenols is 2. The molecule has 0 radical (unpaired) electrons. The Kier molecular flexibility index (Phi) is 4.68. The summed E-state index contributed by atoms with van der Waals surface area (Å²) >= 11 is 0. The largest absolute Gasteiger partial charge is 0.508 e. The Morgan fingerprint density at radius 1 is 1.00 bits per heavy atom. The average molecular weight is 300 g/mol. The standard InChI is InChI=1S/C17H16O5/c1-21-16-8-4-11(9-17(16)22-2)3-6-14(19)13-10-12(18)5-7-15(13)20/h3-10,18,20H,1-2H3. The van der Waals surface area contributed by atoms with Crippen molar-refractivity contribution in [3.63, 3.8) is 0 Å². The van der Waals surface area contributed by atoms with Crippen molar-refractivity contribution in [1.82, 2.24) is 0 Å². The fourth-order valence-electron chi connectivity index (χ4n) is 1.94. The van der Waals surface area contributed by atoms with Gasteiger partial charge in [-0.15, -0.1) is 0 Å². The first-order valence-electron chi connectivity index (χ1n) is 6.51. The zero-order valence-electron chi connectivity index (χ0n) is 12.2. The highest BCUT2D eigenvalue weighted by molar-refractivity contribution is 6.08. The molecule has 0 heterocycles. The number of hydrogen-bond acceptors (Lipinski definition) is 5. The molecule has 0 atom stereocenters. The molecule has 0 fully saturated rings. The molecule has 2 aromatic carbocycles. The van der Waals surface area contributed by atoms with Crippen LogP contribution in [0.1, 0.15) is 15.9 Å². The number of benzene rings is 2. The van der Waals surface area contributed by atoms with Crippen LogP contribution < -0.4 is 9.47 Å². The van der Waals surface area contributed by atoms with Crippen LogP contribution in [-0.4, -0.2) is 30.2 Å². The van der Waals surface area contributed by atoms with Crippen LogP contribution in [-0.2, 0) is 0 Å². The van der Waals surface area contributed by atoms with Crippen molar-refractivity contribution < 1.29 is 24.5 Å². The zero-order chi connectivity index (χ0) is 16.1. The summed E-state index contributed by atoms with van der Waals surface area (Å²) in [5, 5.41) is 19.0. The van der Waals surface area contributed by atoms with Gasteiger partial charge in [-0.1, -0.05) is 12.1 Å². The van der Waals surface area contributed by atoms with Crippen LogP contribution in [0.5, 0.6) is 23.0 Å². The highest BCUT2D eigenvalue weighted by Gasteiger charge is 2.09. The van der Waals surface area contributed by atoms with Gasteiger partial charge in [0.05, 0.1) is 19.8 Å². The molecule has 2 aromatic rings. The van der Waals surface area contributed by atoms with Gasteiger partial charge in [0.25, 0.3) is 0 Å². The number of hydrogen-bond donors (Lipinski definition) is 2. The predicted octanol–water partition coefficient (Wildman–Crippen LogP) is 3.01. The minimum absolute atomic E-state index is 0.0386. The van der Waals surface area contributed by atoms with E-state index in [4.69, 9.17) is 9.47 Å². The Balaban J connectivity index is 2.24. The summed E-state index contributed by atoms with van der Waals surface area (Å²) in [6.07, 6.45) is 2.91. The van der Waals surface area contributed by atoms with E-state index in [1.165, 1.54) is 31.4 Å². The third-order valence-corrected chi connectivity index (χ3v) is 3.08. The van der Waals surface area contributed by atoms with Gasteiger partial charge in [-0.05, 0) is 42.0 Å². The fraction of sp³-hybridized carbons (Fsp3) is 0.118. The molecule has 0 unspecified atom stereocenters. The summed E-state index contributed by atoms with van der Waals surface area (Å²) in [6.45, 7) is 0. The summed E-state index contributed by atoms with van der Waals surface area (Å²) < 4.78 is 10.3. The van der Waals surface area contributed by atoms with Crippen molar-refractivity contribution in [2.45, 2.75) is 0 Å². The molecule has 5 heteroatoms. The molecule has 114 valence electrons. The van der Waals surface area contributed by atoms with Crippen molar-refractivity contribution in [3.05, 3.63) is 53.6 Å². The average Bonchev–Trinajstić information content (AvgIpc) is 2.54. The van der Waals surface area contributed by atoms with Gasteiger partial charge >= 0.3 is 0 Å². The molecule has 0 saturated carbocycles. The van der Waals surface area contributed by atoms with Crippen molar-refractivity contribution in [2.75, 3.05) is 14.2 Å². The van der Waals surface area contributed by atoms with E-state index in [0.29, 0.717) is 11.5 Å². The lowest BCUT2D eigenvalue weighted by Gasteiger charge is -2.07. The summed E-state index contributed by atoms with van der Waals surface area (Å²) in [6, 6.07) is 9.03. The number of carbonyl (C=O) groups is 1. The molecule has 0 aromatic heterocycles. The second-order valence-electron chi connectivity index (χ2n) is 4.51. The Hall–Kier alpha value is -2.95. The third-order valence-electron chi connectivity index (χ3n) is 3.08. The summed E-state index contributed by atoms with van der Waals surface area (Å²) in [5.74, 6) is 0.470. The van der Waals surface area contributed by atoms with Crippen LogP contribution in [0, 0.1) is 0 Å². The van der Waals surface area contributed by atoms with Crippen LogP contribution in [0.15, 0.2) is 42.5 Å². The molecular formula is C17H16O5. The molecule has 2 rings (SSSR count). The number of rotatable bonds is 5. The van der Waals surface area contributed by atoms with Crippen molar-refractivity contribution in [2.24, 2.45) is 0 Å². The molecule has 0 aliphatic rings.